The van der Waals surface area contributed by atoms with E-state index in [0.29, 0.717) is 37.4 Å². The maximum atomic E-state index is 12.9. The van der Waals surface area contributed by atoms with E-state index in [-0.39, 0.29) is 18.6 Å². The molecule has 1 aliphatic carbocycles. The van der Waals surface area contributed by atoms with Gasteiger partial charge in [-0.05, 0) is 37.1 Å². The molecule has 0 spiro atoms. The Morgan fingerprint density at radius 3 is 2.50 bits per heavy atom. The summed E-state index contributed by atoms with van der Waals surface area (Å²) in [6, 6.07) is 4.73. The molecule has 0 radical (unpaired) electrons. The third-order valence-corrected chi connectivity index (χ3v) is 4.65. The monoisotopic (exact) mass is 396 g/mol. The SMILES string of the molecule is NC(=O)[C@H](C(=O)Nc1ccc(N2CCOCC2=O)cc1)N(CC(F)F)C1CC1. The van der Waals surface area contributed by atoms with Crippen LogP contribution < -0.4 is 16.0 Å². The third-order valence-electron chi connectivity index (χ3n) is 4.65. The van der Waals surface area contributed by atoms with Crippen molar-refractivity contribution in [3.63, 3.8) is 0 Å². The van der Waals surface area contributed by atoms with Crippen LogP contribution in [0.4, 0.5) is 20.2 Å². The molecular weight excluding hydrogens is 374 g/mol. The van der Waals surface area contributed by atoms with E-state index in [4.69, 9.17) is 10.5 Å². The fraction of sp³-hybridized carbons (Fsp3) is 0.500. The quantitative estimate of drug-likeness (QED) is 0.625. The second-order valence-electron chi connectivity index (χ2n) is 6.76. The molecule has 1 saturated heterocycles. The number of morpholine rings is 1. The summed E-state index contributed by atoms with van der Waals surface area (Å²) in [4.78, 5) is 39.0. The normalized spacial score (nSPS) is 18.4. The van der Waals surface area contributed by atoms with Gasteiger partial charge in [-0.2, -0.15) is 0 Å². The molecule has 3 N–H and O–H groups in total. The Morgan fingerprint density at radius 1 is 1.29 bits per heavy atom. The lowest BCUT2D eigenvalue weighted by Crippen LogP contribution is -2.54. The van der Waals surface area contributed by atoms with Crippen molar-refractivity contribution in [2.45, 2.75) is 31.4 Å². The van der Waals surface area contributed by atoms with Crippen LogP contribution in [0, 0.1) is 0 Å². The zero-order valence-corrected chi connectivity index (χ0v) is 15.1. The molecule has 0 unspecified atom stereocenters. The van der Waals surface area contributed by atoms with Gasteiger partial charge in [0.25, 0.3) is 18.2 Å². The van der Waals surface area contributed by atoms with Gasteiger partial charge in [0.15, 0.2) is 6.04 Å². The first-order chi connectivity index (χ1) is 13.4. The topological polar surface area (TPSA) is 105 Å². The zero-order valence-electron chi connectivity index (χ0n) is 15.1. The summed E-state index contributed by atoms with van der Waals surface area (Å²) < 4.78 is 30.8. The van der Waals surface area contributed by atoms with Crippen LogP contribution in [0.25, 0.3) is 0 Å². The molecule has 10 heteroatoms. The summed E-state index contributed by atoms with van der Waals surface area (Å²) in [5.41, 5.74) is 6.35. The second kappa shape index (κ2) is 8.61. The van der Waals surface area contributed by atoms with Crippen molar-refractivity contribution >= 4 is 29.1 Å². The van der Waals surface area contributed by atoms with Crippen molar-refractivity contribution in [3.05, 3.63) is 24.3 Å². The van der Waals surface area contributed by atoms with E-state index in [1.165, 1.54) is 4.90 Å². The molecule has 152 valence electrons. The van der Waals surface area contributed by atoms with Crippen molar-refractivity contribution < 1.29 is 27.9 Å². The lowest BCUT2D eigenvalue weighted by Gasteiger charge is -2.28. The Bertz CT molecular complexity index is 740. The number of carbonyl (C=O) groups is 3. The summed E-state index contributed by atoms with van der Waals surface area (Å²) in [6.07, 6.45) is -1.39. The number of rotatable bonds is 8. The van der Waals surface area contributed by atoms with Gasteiger partial charge in [-0.1, -0.05) is 0 Å². The number of benzene rings is 1. The Morgan fingerprint density at radius 2 is 1.96 bits per heavy atom. The number of ether oxygens (including phenoxy) is 1. The number of nitrogens with two attached hydrogens (primary N) is 1. The number of anilines is 2. The minimum Gasteiger partial charge on any atom is -0.370 e. The summed E-state index contributed by atoms with van der Waals surface area (Å²) in [6.45, 7) is 0.188. The average Bonchev–Trinajstić information content (AvgIpc) is 3.47. The average molecular weight is 396 g/mol. The minimum absolute atomic E-state index is 0.0138. The summed E-state index contributed by atoms with van der Waals surface area (Å²) in [7, 11) is 0. The first-order valence-corrected chi connectivity index (χ1v) is 8.99. The largest absolute Gasteiger partial charge is 0.370 e. The molecule has 28 heavy (non-hydrogen) atoms. The fourth-order valence-electron chi connectivity index (χ4n) is 3.20. The van der Waals surface area contributed by atoms with E-state index in [0.717, 1.165) is 0 Å². The van der Waals surface area contributed by atoms with Crippen molar-refractivity contribution in [2.24, 2.45) is 5.73 Å². The van der Waals surface area contributed by atoms with Crippen molar-refractivity contribution in [1.29, 1.82) is 0 Å². The van der Waals surface area contributed by atoms with E-state index in [9.17, 15) is 23.2 Å². The maximum absolute atomic E-state index is 12.9. The molecule has 8 nitrogen and oxygen atoms in total. The molecular formula is C18H22F2N4O4. The predicted octanol–water partition coefficient (Wildman–Crippen LogP) is 0.572. The van der Waals surface area contributed by atoms with Crippen LogP contribution in [0.15, 0.2) is 24.3 Å². The number of hydrogen-bond acceptors (Lipinski definition) is 5. The van der Waals surface area contributed by atoms with Gasteiger partial charge in [-0.3, -0.25) is 19.3 Å². The van der Waals surface area contributed by atoms with E-state index in [1.807, 2.05) is 0 Å². The maximum Gasteiger partial charge on any atom is 0.253 e. The molecule has 1 saturated carbocycles. The molecule has 3 rings (SSSR count). The van der Waals surface area contributed by atoms with Crippen LogP contribution in [0.2, 0.25) is 0 Å². The standard InChI is InChI=1S/C18H22F2N4O4/c19-14(20)9-24(13-5-6-13)16(17(21)26)18(27)22-11-1-3-12(4-2-11)23-7-8-28-10-15(23)25/h1-4,13-14,16H,5-10H2,(H2,21,26)(H,22,27)/t16-/m1/s1. The minimum atomic E-state index is -2.68. The number of nitrogens with zero attached hydrogens (tertiary/aromatic N) is 2. The van der Waals surface area contributed by atoms with Crippen molar-refractivity contribution in [2.75, 3.05) is 36.5 Å². The number of amides is 3. The van der Waals surface area contributed by atoms with Crippen LogP contribution in [-0.2, 0) is 19.1 Å². The summed E-state index contributed by atoms with van der Waals surface area (Å²) in [5.74, 6) is -1.89. The van der Waals surface area contributed by atoms with Gasteiger partial charge in [0.05, 0.1) is 13.2 Å². The number of nitrogens with one attached hydrogen (secondary N) is 1. The highest BCUT2D eigenvalue weighted by molar-refractivity contribution is 6.09. The van der Waals surface area contributed by atoms with Crippen LogP contribution in [0.1, 0.15) is 12.8 Å². The van der Waals surface area contributed by atoms with Crippen LogP contribution in [-0.4, -0.2) is 67.4 Å². The van der Waals surface area contributed by atoms with Crippen LogP contribution >= 0.6 is 0 Å². The van der Waals surface area contributed by atoms with E-state index in [2.05, 4.69) is 5.32 Å². The zero-order chi connectivity index (χ0) is 20.3. The number of hydrogen-bond donors (Lipinski definition) is 2. The van der Waals surface area contributed by atoms with Crippen molar-refractivity contribution in [3.8, 4) is 0 Å². The number of alkyl halides is 2. The van der Waals surface area contributed by atoms with E-state index >= 15 is 0 Å². The molecule has 2 aliphatic rings. The Hall–Kier alpha value is -2.59. The van der Waals surface area contributed by atoms with Crippen molar-refractivity contribution in [1.82, 2.24) is 4.90 Å². The molecule has 1 aliphatic heterocycles. The van der Waals surface area contributed by atoms with Gasteiger partial charge >= 0.3 is 0 Å². The lowest BCUT2D eigenvalue weighted by molar-refractivity contribution is -0.133. The number of primary amides is 1. The number of carbonyl (C=O) groups excluding carboxylic acids is 3. The summed E-state index contributed by atoms with van der Waals surface area (Å²) in [5, 5.41) is 2.55. The molecule has 1 aromatic carbocycles. The first-order valence-electron chi connectivity index (χ1n) is 8.99. The van der Waals surface area contributed by atoms with Gasteiger partial charge < -0.3 is 20.7 Å². The highest BCUT2D eigenvalue weighted by atomic mass is 19.3. The van der Waals surface area contributed by atoms with Crippen LogP contribution in [0.5, 0.6) is 0 Å². The third kappa shape index (κ3) is 4.82. The lowest BCUT2D eigenvalue weighted by atomic mass is 10.2. The molecule has 0 aromatic heterocycles. The van der Waals surface area contributed by atoms with Gasteiger partial charge in [0.1, 0.15) is 6.61 Å². The molecule has 2 fully saturated rings. The van der Waals surface area contributed by atoms with Gasteiger partial charge in [-0.25, -0.2) is 8.78 Å². The van der Waals surface area contributed by atoms with E-state index < -0.39 is 30.8 Å². The Labute approximate surface area is 160 Å². The second-order valence-corrected chi connectivity index (χ2v) is 6.76. The van der Waals surface area contributed by atoms with Gasteiger partial charge in [-0.15, -0.1) is 0 Å². The summed E-state index contributed by atoms with van der Waals surface area (Å²) >= 11 is 0. The molecule has 1 heterocycles. The first kappa shape index (κ1) is 20.2. The highest BCUT2D eigenvalue weighted by Crippen LogP contribution is 2.30. The molecule has 1 atom stereocenters. The van der Waals surface area contributed by atoms with E-state index in [1.54, 1.807) is 29.2 Å². The molecule has 3 amide bonds. The molecule has 1 aromatic rings. The smallest absolute Gasteiger partial charge is 0.253 e. The fourth-order valence-corrected chi connectivity index (χ4v) is 3.20. The highest BCUT2D eigenvalue weighted by Gasteiger charge is 2.41. The Balaban J connectivity index is 1.69. The number of halogens is 2. The predicted molar refractivity (Wildman–Crippen MR) is 97.0 cm³/mol. The van der Waals surface area contributed by atoms with Gasteiger partial charge in [0, 0.05) is 24.0 Å². The van der Waals surface area contributed by atoms with Crippen LogP contribution in [0.3, 0.4) is 0 Å². The Kier molecular flexibility index (Phi) is 6.20. The van der Waals surface area contributed by atoms with Gasteiger partial charge in [0.2, 0.25) is 5.91 Å². The molecule has 0 bridgehead atoms.